The molecule has 4 heteroatoms. The Balaban J connectivity index is 1.83. The first-order chi connectivity index (χ1) is 16.5. The maximum Gasteiger partial charge on any atom is 0.242 e. The van der Waals surface area contributed by atoms with Gasteiger partial charge >= 0.3 is 0 Å². The molecule has 0 saturated heterocycles. The standard InChI is InChI=1S/C30H36N2O2/c1-23(2)22-31-30(34)24(3)32(20-19-25-13-7-4-8-14-25)29(33)21-28(26-15-9-5-10-16-26)27-17-11-6-12-18-27/h4-18,23-24,28H,19-22H2,1-3H3,(H,31,34)/t24-/m1/s1. The number of benzene rings is 3. The van der Waals surface area contributed by atoms with Gasteiger partial charge in [0.2, 0.25) is 11.8 Å². The average Bonchev–Trinajstić information content (AvgIpc) is 2.87. The van der Waals surface area contributed by atoms with Crippen molar-refractivity contribution < 1.29 is 9.59 Å². The summed E-state index contributed by atoms with van der Waals surface area (Å²) in [7, 11) is 0. The summed E-state index contributed by atoms with van der Waals surface area (Å²) < 4.78 is 0. The van der Waals surface area contributed by atoms with E-state index in [1.807, 2.05) is 61.5 Å². The number of hydrogen-bond donors (Lipinski definition) is 1. The van der Waals surface area contributed by atoms with Gasteiger partial charge in [0, 0.05) is 25.4 Å². The normalized spacial score (nSPS) is 11.9. The van der Waals surface area contributed by atoms with Crippen LogP contribution in [-0.4, -0.2) is 35.8 Å². The van der Waals surface area contributed by atoms with E-state index in [1.54, 1.807) is 4.90 Å². The summed E-state index contributed by atoms with van der Waals surface area (Å²) >= 11 is 0. The molecule has 0 radical (unpaired) electrons. The van der Waals surface area contributed by atoms with Crippen LogP contribution in [0.3, 0.4) is 0 Å². The van der Waals surface area contributed by atoms with Crippen molar-refractivity contribution >= 4 is 11.8 Å². The summed E-state index contributed by atoms with van der Waals surface area (Å²) in [5.41, 5.74) is 3.35. The van der Waals surface area contributed by atoms with Gasteiger partial charge in [-0.3, -0.25) is 9.59 Å². The van der Waals surface area contributed by atoms with Crippen molar-refractivity contribution in [1.29, 1.82) is 0 Å². The Morgan fingerprint density at radius 1 is 0.765 bits per heavy atom. The van der Waals surface area contributed by atoms with Crippen LogP contribution in [0.5, 0.6) is 0 Å². The van der Waals surface area contributed by atoms with Crippen LogP contribution in [0.25, 0.3) is 0 Å². The first kappa shape index (κ1) is 25.2. The fourth-order valence-electron chi connectivity index (χ4n) is 4.11. The molecule has 34 heavy (non-hydrogen) atoms. The highest BCUT2D eigenvalue weighted by atomic mass is 16.2. The lowest BCUT2D eigenvalue weighted by Gasteiger charge is -2.31. The van der Waals surface area contributed by atoms with Crippen molar-refractivity contribution in [3.8, 4) is 0 Å². The molecule has 0 unspecified atom stereocenters. The molecule has 2 amide bonds. The molecule has 178 valence electrons. The van der Waals surface area contributed by atoms with Crippen LogP contribution in [0.4, 0.5) is 0 Å². The van der Waals surface area contributed by atoms with Gasteiger partial charge in [0.1, 0.15) is 6.04 Å². The second-order valence-corrected chi connectivity index (χ2v) is 9.22. The molecule has 3 rings (SSSR count). The van der Waals surface area contributed by atoms with E-state index in [0.717, 1.165) is 16.7 Å². The van der Waals surface area contributed by atoms with E-state index >= 15 is 0 Å². The minimum absolute atomic E-state index is 0.0131. The monoisotopic (exact) mass is 456 g/mol. The molecule has 1 atom stereocenters. The van der Waals surface area contributed by atoms with E-state index in [-0.39, 0.29) is 17.7 Å². The molecule has 1 N–H and O–H groups in total. The fourth-order valence-corrected chi connectivity index (χ4v) is 4.11. The van der Waals surface area contributed by atoms with Gasteiger partial charge in [-0.25, -0.2) is 0 Å². The molecular formula is C30H36N2O2. The molecule has 0 fully saturated rings. The summed E-state index contributed by atoms with van der Waals surface area (Å²) in [6, 6.07) is 29.8. The van der Waals surface area contributed by atoms with E-state index in [0.29, 0.717) is 31.8 Å². The first-order valence-corrected chi connectivity index (χ1v) is 12.2. The molecule has 0 spiro atoms. The molecule has 0 aliphatic carbocycles. The molecule has 0 saturated carbocycles. The van der Waals surface area contributed by atoms with Crippen LogP contribution in [0, 0.1) is 5.92 Å². The molecular weight excluding hydrogens is 420 g/mol. The van der Waals surface area contributed by atoms with Crippen molar-refractivity contribution in [1.82, 2.24) is 10.2 Å². The minimum atomic E-state index is -0.540. The maximum atomic E-state index is 13.8. The predicted molar refractivity (Wildman–Crippen MR) is 139 cm³/mol. The molecule has 0 bridgehead atoms. The van der Waals surface area contributed by atoms with Crippen LogP contribution in [0.15, 0.2) is 91.0 Å². The van der Waals surface area contributed by atoms with Gasteiger partial charge in [0.05, 0.1) is 0 Å². The van der Waals surface area contributed by atoms with Crippen molar-refractivity contribution in [2.75, 3.05) is 13.1 Å². The molecule has 3 aromatic carbocycles. The zero-order chi connectivity index (χ0) is 24.3. The Bertz CT molecular complexity index is 980. The number of carbonyl (C=O) groups excluding carboxylic acids is 2. The van der Waals surface area contributed by atoms with E-state index in [2.05, 4.69) is 55.6 Å². The number of amides is 2. The molecule has 3 aromatic rings. The van der Waals surface area contributed by atoms with E-state index in [4.69, 9.17) is 0 Å². The second-order valence-electron chi connectivity index (χ2n) is 9.22. The Hall–Kier alpha value is -3.40. The predicted octanol–water partition coefficient (Wildman–Crippen LogP) is 5.44. The van der Waals surface area contributed by atoms with Gasteiger partial charge in [-0.1, -0.05) is 105 Å². The zero-order valence-corrected chi connectivity index (χ0v) is 20.5. The van der Waals surface area contributed by atoms with Crippen LogP contribution in [0.2, 0.25) is 0 Å². The number of nitrogens with zero attached hydrogens (tertiary/aromatic N) is 1. The van der Waals surface area contributed by atoms with Gasteiger partial charge in [-0.15, -0.1) is 0 Å². The topological polar surface area (TPSA) is 49.4 Å². The summed E-state index contributed by atoms with van der Waals surface area (Å²) in [5, 5.41) is 3.00. The lowest BCUT2D eigenvalue weighted by atomic mass is 9.88. The number of hydrogen-bond acceptors (Lipinski definition) is 2. The highest BCUT2D eigenvalue weighted by molar-refractivity contribution is 5.87. The van der Waals surface area contributed by atoms with Crippen LogP contribution < -0.4 is 5.32 Å². The van der Waals surface area contributed by atoms with Crippen molar-refractivity contribution in [3.05, 3.63) is 108 Å². The smallest absolute Gasteiger partial charge is 0.242 e. The third kappa shape index (κ3) is 7.31. The highest BCUT2D eigenvalue weighted by Crippen LogP contribution is 2.29. The highest BCUT2D eigenvalue weighted by Gasteiger charge is 2.28. The number of rotatable bonds is 11. The van der Waals surface area contributed by atoms with E-state index in [1.165, 1.54) is 0 Å². The van der Waals surface area contributed by atoms with Crippen molar-refractivity contribution in [3.63, 3.8) is 0 Å². The van der Waals surface area contributed by atoms with Crippen molar-refractivity contribution in [2.45, 2.75) is 45.6 Å². The van der Waals surface area contributed by atoms with E-state index in [9.17, 15) is 9.59 Å². The third-order valence-corrected chi connectivity index (χ3v) is 6.12. The van der Waals surface area contributed by atoms with E-state index < -0.39 is 6.04 Å². The van der Waals surface area contributed by atoms with Gasteiger partial charge in [-0.05, 0) is 36.0 Å². The van der Waals surface area contributed by atoms with Gasteiger partial charge < -0.3 is 10.2 Å². The maximum absolute atomic E-state index is 13.8. The van der Waals surface area contributed by atoms with Crippen LogP contribution in [-0.2, 0) is 16.0 Å². The molecule has 0 aliphatic heterocycles. The number of carbonyl (C=O) groups is 2. The minimum Gasteiger partial charge on any atom is -0.354 e. The van der Waals surface area contributed by atoms with Gasteiger partial charge in [-0.2, -0.15) is 0 Å². The van der Waals surface area contributed by atoms with Crippen LogP contribution >= 0.6 is 0 Å². The Kier molecular flexibility index (Phi) is 9.45. The Labute approximate surface area is 204 Å². The molecule has 0 aromatic heterocycles. The van der Waals surface area contributed by atoms with Crippen LogP contribution in [0.1, 0.15) is 49.8 Å². The van der Waals surface area contributed by atoms with Gasteiger partial charge in [0.15, 0.2) is 0 Å². The summed E-state index contributed by atoms with van der Waals surface area (Å²) in [4.78, 5) is 28.4. The average molecular weight is 457 g/mol. The number of nitrogens with one attached hydrogen (secondary N) is 1. The molecule has 4 nitrogen and oxygen atoms in total. The summed E-state index contributed by atoms with van der Waals surface area (Å²) in [6.07, 6.45) is 1.01. The SMILES string of the molecule is CC(C)CNC(=O)[C@@H](C)N(CCc1ccccc1)C(=O)CC(c1ccccc1)c1ccccc1. The lowest BCUT2D eigenvalue weighted by Crippen LogP contribution is -2.49. The second kappa shape index (κ2) is 12.7. The zero-order valence-electron chi connectivity index (χ0n) is 20.5. The van der Waals surface area contributed by atoms with Crippen molar-refractivity contribution in [2.24, 2.45) is 5.92 Å². The Morgan fingerprint density at radius 3 is 1.76 bits per heavy atom. The lowest BCUT2D eigenvalue weighted by molar-refractivity contribution is -0.140. The Morgan fingerprint density at radius 2 is 1.26 bits per heavy atom. The fraction of sp³-hybridized carbons (Fsp3) is 0.333. The summed E-state index contributed by atoms with van der Waals surface area (Å²) in [6.45, 7) is 7.05. The first-order valence-electron chi connectivity index (χ1n) is 12.2. The third-order valence-electron chi connectivity index (χ3n) is 6.12. The molecule has 0 aliphatic rings. The van der Waals surface area contributed by atoms with Gasteiger partial charge in [0.25, 0.3) is 0 Å². The summed E-state index contributed by atoms with van der Waals surface area (Å²) in [5.74, 6) is 0.164. The molecule has 0 heterocycles. The quantitative estimate of drug-likeness (QED) is 0.418. The largest absolute Gasteiger partial charge is 0.354 e.